The Morgan fingerprint density at radius 1 is 1.16 bits per heavy atom. The molecule has 0 bridgehead atoms. The van der Waals surface area contributed by atoms with Crippen molar-refractivity contribution < 1.29 is 19.1 Å². The number of aromatic amines is 1. The maximum Gasteiger partial charge on any atom is 0.291 e. The van der Waals surface area contributed by atoms with Gasteiger partial charge in [0.1, 0.15) is 24.2 Å². The summed E-state index contributed by atoms with van der Waals surface area (Å²) in [5.74, 6) is 0.386. The van der Waals surface area contributed by atoms with Crippen LogP contribution in [0.15, 0.2) is 48.5 Å². The van der Waals surface area contributed by atoms with Crippen LogP contribution >= 0.6 is 0 Å². The van der Waals surface area contributed by atoms with Crippen LogP contribution in [0.1, 0.15) is 47.7 Å². The number of ether oxygens (including phenoxy) is 2. The number of benzene rings is 2. The Hall–Kier alpha value is -3.92. The van der Waals surface area contributed by atoms with E-state index in [4.69, 9.17) is 9.47 Å². The number of piperidine rings is 1. The lowest BCUT2D eigenvalue weighted by molar-refractivity contribution is -0.120. The Morgan fingerprint density at radius 2 is 1.97 bits per heavy atom. The Bertz CT molecular complexity index is 1310. The average molecular weight is 517 g/mol. The molecular formula is C28H32N6O4. The molecule has 3 aliphatic heterocycles. The van der Waals surface area contributed by atoms with Crippen molar-refractivity contribution in [1.29, 1.82) is 0 Å². The maximum atomic E-state index is 13.3. The minimum Gasteiger partial charge on any atom is -0.489 e. The van der Waals surface area contributed by atoms with E-state index in [0.717, 1.165) is 56.6 Å². The van der Waals surface area contributed by atoms with E-state index >= 15 is 0 Å². The van der Waals surface area contributed by atoms with Crippen molar-refractivity contribution in [2.45, 2.75) is 43.7 Å². The zero-order chi connectivity index (χ0) is 26.1. The molecule has 2 fully saturated rings. The van der Waals surface area contributed by atoms with Crippen LogP contribution in [0, 0.1) is 0 Å². The molecule has 3 aromatic rings. The van der Waals surface area contributed by atoms with E-state index in [1.54, 1.807) is 11.9 Å². The van der Waals surface area contributed by atoms with Crippen molar-refractivity contribution in [2.24, 2.45) is 0 Å². The third-order valence-electron chi connectivity index (χ3n) is 7.82. The lowest BCUT2D eigenvalue weighted by Crippen LogP contribution is -2.49. The summed E-state index contributed by atoms with van der Waals surface area (Å²) < 4.78 is 12.0. The number of nitrogens with one attached hydrogen (secondary N) is 2. The number of H-pyrrole nitrogens is 1. The minimum absolute atomic E-state index is 0.00968. The third-order valence-corrected chi connectivity index (χ3v) is 7.82. The van der Waals surface area contributed by atoms with Gasteiger partial charge in [0.15, 0.2) is 0 Å². The zero-order valence-electron chi connectivity index (χ0n) is 21.5. The Balaban J connectivity index is 1.11. The molecule has 1 aromatic heterocycles. The summed E-state index contributed by atoms with van der Waals surface area (Å²) in [4.78, 5) is 34.4. The van der Waals surface area contributed by atoms with E-state index in [0.29, 0.717) is 23.7 Å². The summed E-state index contributed by atoms with van der Waals surface area (Å²) in [6.45, 7) is 2.72. The van der Waals surface area contributed by atoms with Gasteiger partial charge < -0.3 is 24.6 Å². The Labute approximate surface area is 221 Å². The van der Waals surface area contributed by atoms with Crippen molar-refractivity contribution in [2.75, 3.05) is 43.2 Å². The molecule has 1 atom stereocenters. The fourth-order valence-electron chi connectivity index (χ4n) is 5.60. The van der Waals surface area contributed by atoms with Gasteiger partial charge in [-0.15, -0.1) is 5.10 Å². The second-order valence-electron chi connectivity index (χ2n) is 10.3. The second kappa shape index (κ2) is 10.1. The minimum atomic E-state index is -0.867. The summed E-state index contributed by atoms with van der Waals surface area (Å²) in [6.07, 6.45) is 4.84. The van der Waals surface area contributed by atoms with Gasteiger partial charge in [-0.25, -0.2) is 4.98 Å². The largest absolute Gasteiger partial charge is 0.489 e. The highest BCUT2D eigenvalue weighted by Gasteiger charge is 2.39. The van der Waals surface area contributed by atoms with Crippen LogP contribution in [0.25, 0.3) is 0 Å². The fraction of sp³-hybridized carbons (Fsp3) is 0.429. The molecule has 10 heteroatoms. The van der Waals surface area contributed by atoms with Gasteiger partial charge in [0.25, 0.3) is 11.8 Å². The molecule has 0 aliphatic carbocycles. The number of carbonyl (C=O) groups excluding carboxylic acids is 2. The standard InChI is InChI=1S/C28H32N6O4/c1-33-22-17-20(34-13-11-28(12-14-34)10-5-15-38-28)8-9-23(22)37-18-21(27(33)36)29-26(35)25-30-24(31-32-25)16-19-6-3-2-4-7-19/h2-4,6-9,17,21H,5,10-16,18H2,1H3,(H,29,35)(H,30,31,32)/t21-/m1/s1. The molecule has 1 spiro atoms. The summed E-state index contributed by atoms with van der Waals surface area (Å²) in [5.41, 5.74) is 2.84. The van der Waals surface area contributed by atoms with Crippen LogP contribution in [-0.2, 0) is 16.0 Å². The number of aromatic nitrogens is 3. The van der Waals surface area contributed by atoms with Gasteiger partial charge >= 0.3 is 0 Å². The van der Waals surface area contributed by atoms with Crippen LogP contribution in [0.4, 0.5) is 11.4 Å². The molecule has 0 radical (unpaired) electrons. The molecular weight excluding hydrogens is 484 g/mol. The molecule has 3 aliphatic rings. The van der Waals surface area contributed by atoms with Crippen LogP contribution in [0.5, 0.6) is 5.75 Å². The zero-order valence-corrected chi connectivity index (χ0v) is 21.5. The van der Waals surface area contributed by atoms with Gasteiger partial charge in [-0.2, -0.15) is 0 Å². The highest BCUT2D eigenvalue weighted by molar-refractivity contribution is 6.02. The Morgan fingerprint density at radius 3 is 2.74 bits per heavy atom. The van der Waals surface area contributed by atoms with E-state index in [-0.39, 0.29) is 23.9 Å². The summed E-state index contributed by atoms with van der Waals surface area (Å²) in [5, 5.41) is 9.61. The number of rotatable bonds is 5. The van der Waals surface area contributed by atoms with E-state index in [1.165, 1.54) is 0 Å². The molecule has 4 heterocycles. The fourth-order valence-corrected chi connectivity index (χ4v) is 5.60. The van der Waals surface area contributed by atoms with E-state index in [9.17, 15) is 9.59 Å². The first-order valence-corrected chi connectivity index (χ1v) is 13.2. The monoisotopic (exact) mass is 516 g/mol. The number of hydrogen-bond donors (Lipinski definition) is 2. The van der Waals surface area contributed by atoms with Crippen molar-refractivity contribution in [3.8, 4) is 5.75 Å². The molecule has 0 saturated carbocycles. The quantitative estimate of drug-likeness (QED) is 0.536. The number of nitrogens with zero attached hydrogens (tertiary/aromatic N) is 4. The number of carbonyl (C=O) groups is 2. The van der Waals surface area contributed by atoms with Crippen molar-refractivity contribution in [3.63, 3.8) is 0 Å². The van der Waals surface area contributed by atoms with Gasteiger partial charge in [-0.3, -0.25) is 14.7 Å². The summed E-state index contributed by atoms with van der Waals surface area (Å²) in [7, 11) is 1.71. The number of likely N-dealkylation sites (N-methyl/N-ethyl adjacent to an activating group) is 1. The number of anilines is 2. The molecule has 198 valence electrons. The first-order valence-electron chi connectivity index (χ1n) is 13.2. The van der Waals surface area contributed by atoms with Gasteiger partial charge in [0, 0.05) is 38.9 Å². The molecule has 2 N–H and O–H groups in total. The van der Waals surface area contributed by atoms with Crippen molar-refractivity contribution in [1.82, 2.24) is 20.5 Å². The average Bonchev–Trinajstić information content (AvgIpc) is 3.59. The van der Waals surface area contributed by atoms with E-state index in [2.05, 4.69) is 25.4 Å². The molecule has 2 amide bonds. The smallest absolute Gasteiger partial charge is 0.291 e. The number of amides is 2. The molecule has 2 saturated heterocycles. The van der Waals surface area contributed by atoms with Gasteiger partial charge in [0.2, 0.25) is 5.82 Å². The topological polar surface area (TPSA) is 113 Å². The molecule has 0 unspecified atom stereocenters. The van der Waals surface area contributed by atoms with Crippen LogP contribution < -0.4 is 19.9 Å². The van der Waals surface area contributed by atoms with Crippen molar-refractivity contribution >= 4 is 23.2 Å². The van der Waals surface area contributed by atoms with Gasteiger partial charge in [-0.05, 0) is 49.4 Å². The van der Waals surface area contributed by atoms with Crippen LogP contribution in [-0.4, -0.2) is 72.0 Å². The van der Waals surface area contributed by atoms with Gasteiger partial charge in [-0.1, -0.05) is 30.3 Å². The molecule has 6 rings (SSSR count). The van der Waals surface area contributed by atoms with Crippen LogP contribution in [0.3, 0.4) is 0 Å². The second-order valence-corrected chi connectivity index (χ2v) is 10.3. The Kier molecular flexibility index (Phi) is 6.49. The number of hydrogen-bond acceptors (Lipinski definition) is 7. The summed E-state index contributed by atoms with van der Waals surface area (Å²) >= 11 is 0. The lowest BCUT2D eigenvalue weighted by Gasteiger charge is -2.40. The maximum absolute atomic E-state index is 13.3. The van der Waals surface area contributed by atoms with E-state index in [1.807, 2.05) is 48.5 Å². The van der Waals surface area contributed by atoms with E-state index < -0.39 is 11.9 Å². The normalized spacial score (nSPS) is 20.7. The SMILES string of the molecule is CN1C(=O)[C@H](NC(=O)c2n[nH]c(Cc3ccccc3)n2)COc2ccc(N3CCC4(CCCO4)CC3)cc21. The predicted molar refractivity (Wildman–Crippen MR) is 142 cm³/mol. The van der Waals surface area contributed by atoms with Crippen molar-refractivity contribution in [3.05, 3.63) is 65.7 Å². The summed E-state index contributed by atoms with van der Waals surface area (Å²) in [6, 6.07) is 14.9. The first kappa shape index (κ1) is 24.4. The number of fused-ring (bicyclic) bond motifs is 1. The lowest BCUT2D eigenvalue weighted by atomic mass is 9.88. The molecule has 38 heavy (non-hydrogen) atoms. The molecule has 10 nitrogen and oxygen atoms in total. The highest BCUT2D eigenvalue weighted by atomic mass is 16.5. The predicted octanol–water partition coefficient (Wildman–Crippen LogP) is 2.70. The first-order chi connectivity index (χ1) is 18.5. The molecule has 2 aromatic carbocycles. The van der Waals surface area contributed by atoms with Crippen LogP contribution in [0.2, 0.25) is 0 Å². The van der Waals surface area contributed by atoms with Gasteiger partial charge in [0.05, 0.1) is 11.3 Å². The third kappa shape index (κ3) is 4.83. The highest BCUT2D eigenvalue weighted by Crippen LogP contribution is 2.39.